The first kappa shape index (κ1) is 13.3. The maximum Gasteiger partial charge on any atom is 0.167 e. The lowest BCUT2D eigenvalue weighted by molar-refractivity contribution is -0.0555. The second-order valence-electron chi connectivity index (χ2n) is 4.96. The highest BCUT2D eigenvalue weighted by Gasteiger charge is 2.20. The van der Waals surface area contributed by atoms with Gasteiger partial charge in [-0.3, -0.25) is 4.90 Å². The lowest BCUT2D eigenvalue weighted by Gasteiger charge is -2.31. The van der Waals surface area contributed by atoms with Gasteiger partial charge in [-0.2, -0.15) is 0 Å². The van der Waals surface area contributed by atoms with Gasteiger partial charge >= 0.3 is 0 Å². The SMILES string of the molecule is OCC1CN(Cc2cc(-c3ccccc3)on2)CCO1. The van der Waals surface area contributed by atoms with Crippen molar-refractivity contribution >= 4 is 0 Å². The minimum atomic E-state index is -0.0933. The van der Waals surface area contributed by atoms with Crippen molar-refractivity contribution in [2.75, 3.05) is 26.3 Å². The Labute approximate surface area is 117 Å². The number of aromatic nitrogens is 1. The molecule has 1 atom stereocenters. The van der Waals surface area contributed by atoms with Crippen LogP contribution in [0.3, 0.4) is 0 Å². The van der Waals surface area contributed by atoms with Crippen molar-refractivity contribution in [3.8, 4) is 11.3 Å². The van der Waals surface area contributed by atoms with E-state index >= 15 is 0 Å². The Hall–Kier alpha value is -1.69. The van der Waals surface area contributed by atoms with Crippen LogP contribution < -0.4 is 0 Å². The summed E-state index contributed by atoms with van der Waals surface area (Å²) in [6.45, 7) is 3.00. The molecule has 1 fully saturated rings. The zero-order chi connectivity index (χ0) is 13.8. The number of ether oxygens (including phenoxy) is 1. The van der Waals surface area contributed by atoms with E-state index in [1.165, 1.54) is 0 Å². The fourth-order valence-electron chi connectivity index (χ4n) is 2.39. The molecule has 20 heavy (non-hydrogen) atoms. The van der Waals surface area contributed by atoms with Crippen LogP contribution in [0.15, 0.2) is 40.9 Å². The molecule has 1 aliphatic heterocycles. The van der Waals surface area contributed by atoms with Crippen molar-refractivity contribution in [3.63, 3.8) is 0 Å². The minimum Gasteiger partial charge on any atom is -0.394 e. The quantitative estimate of drug-likeness (QED) is 0.916. The predicted octanol–water partition coefficient (Wildman–Crippen LogP) is 1.53. The van der Waals surface area contributed by atoms with Gasteiger partial charge in [0, 0.05) is 31.3 Å². The third-order valence-electron chi connectivity index (χ3n) is 3.43. The highest BCUT2D eigenvalue weighted by Crippen LogP contribution is 2.20. The van der Waals surface area contributed by atoms with Crippen molar-refractivity contribution < 1.29 is 14.4 Å². The molecule has 1 unspecified atom stereocenters. The van der Waals surface area contributed by atoms with Crippen LogP contribution in [-0.2, 0) is 11.3 Å². The van der Waals surface area contributed by atoms with Crippen LogP contribution in [-0.4, -0.2) is 47.6 Å². The number of aliphatic hydroxyl groups is 1. The lowest BCUT2D eigenvalue weighted by atomic mass is 10.1. The zero-order valence-electron chi connectivity index (χ0n) is 11.2. The maximum absolute atomic E-state index is 9.14. The van der Waals surface area contributed by atoms with Crippen molar-refractivity contribution in [2.45, 2.75) is 12.6 Å². The van der Waals surface area contributed by atoms with Gasteiger partial charge in [-0.1, -0.05) is 35.5 Å². The molecule has 0 aliphatic carbocycles. The minimum absolute atomic E-state index is 0.0601. The van der Waals surface area contributed by atoms with Crippen LogP contribution in [0, 0.1) is 0 Å². The molecule has 0 bridgehead atoms. The molecular weight excluding hydrogens is 256 g/mol. The van der Waals surface area contributed by atoms with E-state index in [0.717, 1.165) is 36.7 Å². The number of hydrogen-bond acceptors (Lipinski definition) is 5. The van der Waals surface area contributed by atoms with Gasteiger partial charge in [0.15, 0.2) is 5.76 Å². The molecule has 106 valence electrons. The smallest absolute Gasteiger partial charge is 0.167 e. The highest BCUT2D eigenvalue weighted by molar-refractivity contribution is 5.56. The van der Waals surface area contributed by atoms with Crippen LogP contribution in [0.2, 0.25) is 0 Å². The summed E-state index contributed by atoms with van der Waals surface area (Å²) in [7, 11) is 0. The second-order valence-corrected chi connectivity index (χ2v) is 4.96. The first-order chi connectivity index (χ1) is 9.85. The fourth-order valence-corrected chi connectivity index (χ4v) is 2.39. The Bertz CT molecular complexity index is 541. The second kappa shape index (κ2) is 6.17. The van der Waals surface area contributed by atoms with Gasteiger partial charge in [-0.05, 0) is 0 Å². The number of nitrogens with zero attached hydrogens (tertiary/aromatic N) is 2. The van der Waals surface area contributed by atoms with Crippen LogP contribution in [0.1, 0.15) is 5.69 Å². The van der Waals surface area contributed by atoms with Crippen LogP contribution >= 0.6 is 0 Å². The summed E-state index contributed by atoms with van der Waals surface area (Å²) < 4.78 is 10.8. The van der Waals surface area contributed by atoms with E-state index in [1.807, 2.05) is 36.4 Å². The summed E-state index contributed by atoms with van der Waals surface area (Å²) in [5, 5.41) is 13.3. The number of morpholine rings is 1. The summed E-state index contributed by atoms with van der Waals surface area (Å²) in [5.74, 6) is 0.785. The van der Waals surface area contributed by atoms with Crippen molar-refractivity contribution in [1.82, 2.24) is 10.1 Å². The Kier molecular flexibility index (Phi) is 4.11. The number of hydrogen-bond donors (Lipinski definition) is 1. The lowest BCUT2D eigenvalue weighted by Crippen LogP contribution is -2.43. The average molecular weight is 274 g/mol. The van der Waals surface area contributed by atoms with Gasteiger partial charge < -0.3 is 14.4 Å². The number of benzene rings is 1. The Morgan fingerprint density at radius 2 is 2.15 bits per heavy atom. The molecule has 1 aromatic heterocycles. The molecule has 2 heterocycles. The Balaban J connectivity index is 1.65. The van der Waals surface area contributed by atoms with E-state index in [0.29, 0.717) is 6.61 Å². The normalized spacial score (nSPS) is 20.1. The third kappa shape index (κ3) is 3.07. The monoisotopic (exact) mass is 274 g/mol. The van der Waals surface area contributed by atoms with Gasteiger partial charge in [-0.25, -0.2) is 0 Å². The summed E-state index contributed by atoms with van der Waals surface area (Å²) in [5.41, 5.74) is 1.93. The van der Waals surface area contributed by atoms with Gasteiger partial charge in [0.1, 0.15) is 0 Å². The molecule has 5 heteroatoms. The summed E-state index contributed by atoms with van der Waals surface area (Å²) >= 11 is 0. The van der Waals surface area contributed by atoms with E-state index in [1.54, 1.807) is 0 Å². The number of aliphatic hydroxyl groups excluding tert-OH is 1. The average Bonchev–Trinajstić information content (AvgIpc) is 2.97. The van der Waals surface area contributed by atoms with Crippen LogP contribution in [0.4, 0.5) is 0 Å². The molecule has 0 spiro atoms. The standard InChI is InChI=1S/C15H18N2O3/c18-11-14-10-17(6-7-19-14)9-13-8-15(20-16-13)12-4-2-1-3-5-12/h1-5,8,14,18H,6-7,9-11H2. The third-order valence-corrected chi connectivity index (χ3v) is 3.43. The van der Waals surface area contributed by atoms with Crippen molar-refractivity contribution in [3.05, 3.63) is 42.1 Å². The molecule has 1 saturated heterocycles. The molecule has 2 aromatic rings. The first-order valence-electron chi connectivity index (χ1n) is 6.81. The molecule has 0 amide bonds. The predicted molar refractivity (Wildman–Crippen MR) is 74.0 cm³/mol. The highest BCUT2D eigenvalue weighted by atomic mass is 16.5. The fraction of sp³-hybridized carbons (Fsp3) is 0.400. The van der Waals surface area contributed by atoms with Gasteiger partial charge in [0.05, 0.1) is 25.0 Å². The summed E-state index contributed by atoms with van der Waals surface area (Å²) in [6.07, 6.45) is -0.0933. The molecule has 1 aliphatic rings. The molecule has 5 nitrogen and oxygen atoms in total. The van der Waals surface area contributed by atoms with Crippen molar-refractivity contribution in [2.24, 2.45) is 0 Å². The topological polar surface area (TPSA) is 58.7 Å². The van der Waals surface area contributed by atoms with E-state index < -0.39 is 0 Å². The Morgan fingerprint density at radius 1 is 1.30 bits per heavy atom. The van der Waals surface area contributed by atoms with E-state index in [9.17, 15) is 0 Å². The van der Waals surface area contributed by atoms with Crippen LogP contribution in [0.25, 0.3) is 11.3 Å². The number of rotatable bonds is 4. The first-order valence-corrected chi connectivity index (χ1v) is 6.81. The van der Waals surface area contributed by atoms with Gasteiger partial charge in [-0.15, -0.1) is 0 Å². The van der Waals surface area contributed by atoms with Crippen LogP contribution in [0.5, 0.6) is 0 Å². The van der Waals surface area contributed by atoms with E-state index in [-0.39, 0.29) is 12.7 Å². The van der Waals surface area contributed by atoms with Crippen molar-refractivity contribution in [1.29, 1.82) is 0 Å². The van der Waals surface area contributed by atoms with Gasteiger partial charge in [0.25, 0.3) is 0 Å². The summed E-state index contributed by atoms with van der Waals surface area (Å²) in [4.78, 5) is 2.22. The Morgan fingerprint density at radius 3 is 2.95 bits per heavy atom. The molecule has 1 N–H and O–H groups in total. The molecule has 1 aromatic carbocycles. The molecule has 3 rings (SSSR count). The molecule has 0 radical (unpaired) electrons. The zero-order valence-corrected chi connectivity index (χ0v) is 11.2. The van der Waals surface area contributed by atoms with Gasteiger partial charge in [0.2, 0.25) is 0 Å². The molecule has 0 saturated carbocycles. The maximum atomic E-state index is 9.14. The largest absolute Gasteiger partial charge is 0.394 e. The van der Waals surface area contributed by atoms with E-state index in [4.69, 9.17) is 14.4 Å². The summed E-state index contributed by atoms with van der Waals surface area (Å²) in [6, 6.07) is 11.9. The van der Waals surface area contributed by atoms with E-state index in [2.05, 4.69) is 10.1 Å². The molecular formula is C15H18N2O3.